The first-order valence-electron chi connectivity index (χ1n) is 11.1. The van der Waals surface area contributed by atoms with E-state index in [4.69, 9.17) is 4.74 Å². The van der Waals surface area contributed by atoms with Crippen molar-refractivity contribution in [1.29, 1.82) is 0 Å². The molecule has 3 aliphatic heterocycles. The number of thioether (sulfide) groups is 1. The average molecular weight is 467 g/mol. The molecule has 1 aromatic carbocycles. The monoisotopic (exact) mass is 466 g/mol. The number of benzene rings is 1. The second kappa shape index (κ2) is 9.17. The van der Waals surface area contributed by atoms with Gasteiger partial charge < -0.3 is 15.0 Å². The van der Waals surface area contributed by atoms with Gasteiger partial charge in [-0.2, -0.15) is 0 Å². The van der Waals surface area contributed by atoms with Crippen LogP contribution in [0.4, 0.5) is 10.5 Å². The van der Waals surface area contributed by atoms with Crippen LogP contribution in [0, 0.1) is 0 Å². The lowest BCUT2D eigenvalue weighted by Crippen LogP contribution is -2.36. The SMILES string of the molecule is COC1CCN(Cc2c[nH]c(C=C3C(=O)Nc4ccc(CN5C(=O)CSC5=O)cc43)c2)CC1. The van der Waals surface area contributed by atoms with E-state index in [9.17, 15) is 14.4 Å². The van der Waals surface area contributed by atoms with Crippen LogP contribution >= 0.6 is 11.8 Å². The predicted octanol–water partition coefficient (Wildman–Crippen LogP) is 3.31. The van der Waals surface area contributed by atoms with E-state index in [2.05, 4.69) is 21.3 Å². The lowest BCUT2D eigenvalue weighted by atomic mass is 10.0. The molecule has 3 aliphatic rings. The standard InChI is InChI=1S/C24H26N4O4S/c1-32-18-4-6-27(7-5-18)12-16-8-17(25-11-16)10-20-19-9-15(2-3-21(19)26-23(20)30)13-28-22(29)14-33-24(28)31/h2-3,8-11,18,25H,4-7,12-14H2,1H3,(H,26,30). The van der Waals surface area contributed by atoms with Crippen molar-refractivity contribution in [2.45, 2.75) is 32.0 Å². The Bertz CT molecular complexity index is 1120. The van der Waals surface area contributed by atoms with Crippen LogP contribution in [0.15, 0.2) is 30.5 Å². The number of anilines is 1. The highest BCUT2D eigenvalue weighted by Crippen LogP contribution is 2.34. The summed E-state index contributed by atoms with van der Waals surface area (Å²) in [6.07, 6.45) is 6.29. The molecule has 0 aliphatic carbocycles. The number of aromatic nitrogens is 1. The molecule has 9 heteroatoms. The number of carbonyl (C=O) groups excluding carboxylic acids is 3. The van der Waals surface area contributed by atoms with Gasteiger partial charge in [0.2, 0.25) is 5.91 Å². The first-order valence-corrected chi connectivity index (χ1v) is 12.0. The number of nitrogens with zero attached hydrogens (tertiary/aromatic N) is 2. The van der Waals surface area contributed by atoms with Gasteiger partial charge in [0.25, 0.3) is 11.1 Å². The van der Waals surface area contributed by atoms with Crippen molar-refractivity contribution in [1.82, 2.24) is 14.8 Å². The number of carbonyl (C=O) groups is 3. The van der Waals surface area contributed by atoms with E-state index in [1.807, 2.05) is 30.5 Å². The van der Waals surface area contributed by atoms with Gasteiger partial charge in [-0.05, 0) is 48.2 Å². The summed E-state index contributed by atoms with van der Waals surface area (Å²) < 4.78 is 5.45. The van der Waals surface area contributed by atoms with E-state index in [0.717, 1.165) is 66.7 Å². The van der Waals surface area contributed by atoms with Crippen molar-refractivity contribution < 1.29 is 19.1 Å². The van der Waals surface area contributed by atoms with Crippen LogP contribution in [0.1, 0.15) is 35.2 Å². The largest absolute Gasteiger partial charge is 0.381 e. The minimum atomic E-state index is -0.226. The van der Waals surface area contributed by atoms with E-state index in [0.29, 0.717) is 11.7 Å². The van der Waals surface area contributed by atoms with Crippen molar-refractivity contribution in [3.63, 3.8) is 0 Å². The maximum absolute atomic E-state index is 12.6. The maximum atomic E-state index is 12.6. The highest BCUT2D eigenvalue weighted by Gasteiger charge is 2.31. The molecule has 5 rings (SSSR count). The number of amides is 3. The molecule has 0 atom stereocenters. The molecule has 2 aromatic rings. The van der Waals surface area contributed by atoms with Gasteiger partial charge >= 0.3 is 0 Å². The Labute approximate surface area is 196 Å². The number of piperidine rings is 1. The Morgan fingerprint density at radius 1 is 1.12 bits per heavy atom. The fourth-order valence-electron chi connectivity index (χ4n) is 4.54. The fourth-order valence-corrected chi connectivity index (χ4v) is 5.27. The number of likely N-dealkylation sites (tertiary alicyclic amines) is 1. The summed E-state index contributed by atoms with van der Waals surface area (Å²) in [6, 6.07) is 7.62. The van der Waals surface area contributed by atoms with Gasteiger partial charge in [0.1, 0.15) is 0 Å². The summed E-state index contributed by atoms with van der Waals surface area (Å²) in [6.45, 7) is 3.10. The normalized spacial score (nSPS) is 20.7. The molecule has 2 saturated heterocycles. The van der Waals surface area contributed by atoms with Gasteiger partial charge in [0, 0.05) is 49.9 Å². The van der Waals surface area contributed by atoms with Crippen LogP contribution in [0.3, 0.4) is 0 Å². The van der Waals surface area contributed by atoms with Crippen molar-refractivity contribution in [3.8, 4) is 0 Å². The van der Waals surface area contributed by atoms with Crippen LogP contribution in [-0.4, -0.2) is 63.9 Å². The molecule has 2 fully saturated rings. The number of hydrogen-bond donors (Lipinski definition) is 2. The third-order valence-corrected chi connectivity index (χ3v) is 7.25. The average Bonchev–Trinajstić information content (AvgIpc) is 3.48. The summed E-state index contributed by atoms with van der Waals surface area (Å²) in [5, 5.41) is 2.67. The molecule has 8 nitrogen and oxygen atoms in total. The summed E-state index contributed by atoms with van der Waals surface area (Å²) in [4.78, 5) is 43.5. The first-order chi connectivity index (χ1) is 16.0. The molecule has 33 heavy (non-hydrogen) atoms. The zero-order chi connectivity index (χ0) is 22.9. The van der Waals surface area contributed by atoms with Crippen LogP contribution in [0.25, 0.3) is 11.6 Å². The third-order valence-electron chi connectivity index (χ3n) is 6.39. The second-order valence-electron chi connectivity index (χ2n) is 8.60. The van der Waals surface area contributed by atoms with E-state index in [-0.39, 0.29) is 29.4 Å². The molecule has 0 saturated carbocycles. The van der Waals surface area contributed by atoms with Crippen molar-refractivity contribution in [2.24, 2.45) is 0 Å². The molecule has 0 radical (unpaired) electrons. The lowest BCUT2D eigenvalue weighted by Gasteiger charge is -2.30. The Hall–Kier alpha value is -2.88. The molecular weight excluding hydrogens is 440 g/mol. The summed E-state index contributed by atoms with van der Waals surface area (Å²) >= 11 is 1.02. The lowest BCUT2D eigenvalue weighted by molar-refractivity contribution is -0.125. The molecule has 1 aromatic heterocycles. The number of methoxy groups -OCH3 is 1. The topological polar surface area (TPSA) is 94.7 Å². The minimum absolute atomic E-state index is 0.163. The van der Waals surface area contributed by atoms with Gasteiger partial charge in [-0.25, -0.2) is 0 Å². The number of ether oxygens (including phenoxy) is 1. The van der Waals surface area contributed by atoms with E-state index in [1.165, 1.54) is 10.5 Å². The van der Waals surface area contributed by atoms with Gasteiger partial charge in [-0.15, -0.1) is 0 Å². The molecule has 172 valence electrons. The Morgan fingerprint density at radius 3 is 2.67 bits per heavy atom. The predicted molar refractivity (Wildman–Crippen MR) is 127 cm³/mol. The van der Waals surface area contributed by atoms with Crippen molar-refractivity contribution in [3.05, 3.63) is 52.8 Å². The molecule has 2 N–H and O–H groups in total. The fraction of sp³-hybridized carbons (Fsp3) is 0.375. The van der Waals surface area contributed by atoms with Crippen molar-refractivity contribution >= 4 is 46.2 Å². The maximum Gasteiger partial charge on any atom is 0.289 e. The van der Waals surface area contributed by atoms with Crippen LogP contribution in [0.2, 0.25) is 0 Å². The van der Waals surface area contributed by atoms with Gasteiger partial charge in [0.05, 0.1) is 24.0 Å². The van der Waals surface area contributed by atoms with Gasteiger partial charge in [-0.3, -0.25) is 24.2 Å². The molecule has 0 unspecified atom stereocenters. The van der Waals surface area contributed by atoms with E-state index in [1.54, 1.807) is 7.11 Å². The van der Waals surface area contributed by atoms with E-state index < -0.39 is 0 Å². The smallest absolute Gasteiger partial charge is 0.289 e. The first kappa shape index (κ1) is 21.9. The van der Waals surface area contributed by atoms with Crippen LogP contribution in [0.5, 0.6) is 0 Å². The zero-order valence-corrected chi connectivity index (χ0v) is 19.2. The minimum Gasteiger partial charge on any atom is -0.381 e. The van der Waals surface area contributed by atoms with Crippen molar-refractivity contribution in [2.75, 3.05) is 31.3 Å². The summed E-state index contributed by atoms with van der Waals surface area (Å²) in [5.41, 5.74) is 4.93. The quantitative estimate of drug-likeness (QED) is 0.635. The molecule has 0 spiro atoms. The summed E-state index contributed by atoms with van der Waals surface area (Å²) in [7, 11) is 1.77. The third kappa shape index (κ3) is 4.62. The highest BCUT2D eigenvalue weighted by molar-refractivity contribution is 8.14. The number of imide groups is 1. The molecular formula is C24H26N4O4S. The highest BCUT2D eigenvalue weighted by atomic mass is 32.2. The zero-order valence-electron chi connectivity index (χ0n) is 18.4. The summed E-state index contributed by atoms with van der Waals surface area (Å²) in [5.74, 6) is -0.154. The van der Waals surface area contributed by atoms with Gasteiger partial charge in [0.15, 0.2) is 0 Å². The van der Waals surface area contributed by atoms with E-state index >= 15 is 0 Å². The van der Waals surface area contributed by atoms with Crippen LogP contribution in [-0.2, 0) is 27.4 Å². The number of aromatic amines is 1. The molecule has 3 amide bonds. The molecule has 0 bridgehead atoms. The number of rotatable bonds is 6. The number of nitrogens with one attached hydrogen (secondary N) is 2. The Kier molecular flexibility index (Phi) is 6.09. The number of H-pyrrole nitrogens is 1. The van der Waals surface area contributed by atoms with Crippen LogP contribution < -0.4 is 5.32 Å². The number of hydrogen-bond acceptors (Lipinski definition) is 6. The second-order valence-corrected chi connectivity index (χ2v) is 9.53. The Balaban J connectivity index is 1.31. The Morgan fingerprint density at radius 2 is 1.94 bits per heavy atom. The van der Waals surface area contributed by atoms with Gasteiger partial charge in [-0.1, -0.05) is 17.8 Å². The molecule has 4 heterocycles. The number of fused-ring (bicyclic) bond motifs is 1.